The van der Waals surface area contributed by atoms with Gasteiger partial charge in [0.15, 0.2) is 6.29 Å². The zero-order valence-electron chi connectivity index (χ0n) is 11.1. The minimum atomic E-state index is -0.232. The van der Waals surface area contributed by atoms with Crippen molar-refractivity contribution < 1.29 is 14.3 Å². The van der Waals surface area contributed by atoms with Crippen molar-refractivity contribution in [1.29, 1.82) is 0 Å². The van der Waals surface area contributed by atoms with E-state index in [9.17, 15) is 4.79 Å². The summed E-state index contributed by atoms with van der Waals surface area (Å²) in [7, 11) is 0. The molecular weight excluding hydrogens is 220 g/mol. The van der Waals surface area contributed by atoms with Crippen LogP contribution in [0.15, 0.2) is 0 Å². The third-order valence-corrected chi connectivity index (χ3v) is 2.92. The van der Waals surface area contributed by atoms with Gasteiger partial charge in [0.1, 0.15) is 0 Å². The van der Waals surface area contributed by atoms with E-state index in [0.29, 0.717) is 26.3 Å². The van der Waals surface area contributed by atoms with Crippen LogP contribution < -0.4 is 5.32 Å². The van der Waals surface area contributed by atoms with Crippen LogP contribution in [0.5, 0.6) is 0 Å². The van der Waals surface area contributed by atoms with E-state index in [-0.39, 0.29) is 18.2 Å². The van der Waals surface area contributed by atoms with Gasteiger partial charge in [0.2, 0.25) is 5.91 Å². The highest BCUT2D eigenvalue weighted by Gasteiger charge is 2.29. The molecule has 0 aromatic rings. The molecule has 17 heavy (non-hydrogen) atoms. The van der Waals surface area contributed by atoms with Crippen molar-refractivity contribution in [2.24, 2.45) is 0 Å². The highest BCUT2D eigenvalue weighted by molar-refractivity contribution is 5.82. The molecule has 0 aromatic carbocycles. The molecule has 5 nitrogen and oxygen atoms in total. The Morgan fingerprint density at radius 2 is 2.00 bits per heavy atom. The van der Waals surface area contributed by atoms with Crippen LogP contribution in [0.1, 0.15) is 27.2 Å². The maximum atomic E-state index is 11.7. The molecule has 0 bridgehead atoms. The first-order chi connectivity index (χ1) is 8.22. The number of piperazine rings is 1. The maximum absolute atomic E-state index is 11.7. The Morgan fingerprint density at radius 1 is 1.35 bits per heavy atom. The fourth-order valence-corrected chi connectivity index (χ4v) is 2.14. The summed E-state index contributed by atoms with van der Waals surface area (Å²) in [5.41, 5.74) is 0. The second kappa shape index (κ2) is 7.63. The summed E-state index contributed by atoms with van der Waals surface area (Å²) in [4.78, 5) is 13.8. The lowest BCUT2D eigenvalue weighted by molar-refractivity contribution is -0.156. The number of carbonyl (C=O) groups is 1. The Morgan fingerprint density at radius 3 is 2.53 bits per heavy atom. The van der Waals surface area contributed by atoms with E-state index < -0.39 is 0 Å². The molecule has 0 aliphatic carbocycles. The van der Waals surface area contributed by atoms with Crippen LogP contribution >= 0.6 is 0 Å². The minimum absolute atomic E-state index is 0.0489. The van der Waals surface area contributed by atoms with Crippen molar-refractivity contribution in [3.05, 3.63) is 0 Å². The van der Waals surface area contributed by atoms with Gasteiger partial charge in [-0.1, -0.05) is 6.92 Å². The van der Waals surface area contributed by atoms with Crippen LogP contribution in [-0.2, 0) is 14.3 Å². The summed E-state index contributed by atoms with van der Waals surface area (Å²) in [6, 6.07) is -0.0489. The molecule has 1 N–H and O–H groups in total. The van der Waals surface area contributed by atoms with Crippen LogP contribution in [0.3, 0.4) is 0 Å². The summed E-state index contributed by atoms with van der Waals surface area (Å²) in [5, 5.41) is 2.89. The van der Waals surface area contributed by atoms with Gasteiger partial charge in [0.25, 0.3) is 0 Å². The van der Waals surface area contributed by atoms with Gasteiger partial charge in [-0.2, -0.15) is 0 Å². The average molecular weight is 244 g/mol. The zero-order chi connectivity index (χ0) is 12.7. The molecule has 0 saturated carbocycles. The number of nitrogens with one attached hydrogen (secondary N) is 1. The molecule has 1 aliphatic heterocycles. The molecule has 1 fully saturated rings. The molecule has 5 heteroatoms. The van der Waals surface area contributed by atoms with Gasteiger partial charge in [0.05, 0.1) is 12.6 Å². The Bertz CT molecular complexity index is 230. The number of ether oxygens (including phenoxy) is 2. The second-order valence-electron chi connectivity index (χ2n) is 4.05. The van der Waals surface area contributed by atoms with Crippen molar-refractivity contribution in [3.8, 4) is 0 Å². The summed E-state index contributed by atoms with van der Waals surface area (Å²) in [5.74, 6) is 0.116. The highest BCUT2D eigenvalue weighted by Crippen LogP contribution is 2.10. The van der Waals surface area contributed by atoms with Gasteiger partial charge in [-0.15, -0.1) is 0 Å². The summed E-state index contributed by atoms with van der Waals surface area (Å²) in [6.07, 6.45) is 0.585. The Hall–Kier alpha value is -0.650. The molecule has 1 heterocycles. The number of nitrogens with zero attached hydrogens (tertiary/aromatic N) is 1. The second-order valence-corrected chi connectivity index (χ2v) is 4.05. The van der Waals surface area contributed by atoms with Gasteiger partial charge in [0, 0.05) is 26.3 Å². The Balaban J connectivity index is 2.53. The molecular formula is C12H24N2O3. The largest absolute Gasteiger partial charge is 0.353 e. The number of hydrogen-bond acceptors (Lipinski definition) is 4. The van der Waals surface area contributed by atoms with Gasteiger partial charge in [-0.25, -0.2) is 0 Å². The molecule has 1 unspecified atom stereocenters. The van der Waals surface area contributed by atoms with Gasteiger partial charge < -0.3 is 14.8 Å². The van der Waals surface area contributed by atoms with Crippen LogP contribution in [-0.4, -0.2) is 56.0 Å². The van der Waals surface area contributed by atoms with Crippen molar-refractivity contribution in [1.82, 2.24) is 10.2 Å². The van der Waals surface area contributed by atoms with E-state index in [2.05, 4.69) is 10.2 Å². The smallest absolute Gasteiger partial charge is 0.237 e. The van der Waals surface area contributed by atoms with Gasteiger partial charge in [-0.05, 0) is 20.3 Å². The van der Waals surface area contributed by atoms with E-state index in [1.165, 1.54) is 0 Å². The van der Waals surface area contributed by atoms with Gasteiger partial charge in [-0.3, -0.25) is 9.69 Å². The zero-order valence-corrected chi connectivity index (χ0v) is 11.1. The molecule has 0 aromatic heterocycles. The fraction of sp³-hybridized carbons (Fsp3) is 0.917. The predicted molar refractivity (Wildman–Crippen MR) is 65.7 cm³/mol. The molecule has 1 rings (SSSR count). The monoisotopic (exact) mass is 244 g/mol. The topological polar surface area (TPSA) is 50.8 Å². The molecule has 100 valence electrons. The SMILES string of the molecule is CCOC(CN1CCNC(=O)C1CC)OCC. The van der Waals surface area contributed by atoms with E-state index in [1.54, 1.807) is 0 Å². The Labute approximate surface area is 103 Å². The van der Waals surface area contributed by atoms with Crippen molar-refractivity contribution in [2.45, 2.75) is 39.5 Å². The average Bonchev–Trinajstić information content (AvgIpc) is 2.30. The standard InChI is InChI=1S/C12H24N2O3/c1-4-10-12(15)13-7-8-14(10)9-11(16-5-2)17-6-3/h10-11H,4-9H2,1-3H3,(H,13,15). The molecule has 1 amide bonds. The van der Waals surface area contributed by atoms with Crippen molar-refractivity contribution in [2.75, 3.05) is 32.8 Å². The third-order valence-electron chi connectivity index (χ3n) is 2.92. The lowest BCUT2D eigenvalue weighted by Crippen LogP contribution is -2.56. The first-order valence-corrected chi connectivity index (χ1v) is 6.47. The third kappa shape index (κ3) is 4.26. The normalized spacial score (nSPS) is 21.9. The summed E-state index contributed by atoms with van der Waals surface area (Å²) < 4.78 is 11.0. The number of carbonyl (C=O) groups excluding carboxylic acids is 1. The van der Waals surface area contributed by atoms with E-state index in [1.807, 2.05) is 20.8 Å². The minimum Gasteiger partial charge on any atom is -0.353 e. The lowest BCUT2D eigenvalue weighted by atomic mass is 10.1. The number of hydrogen-bond donors (Lipinski definition) is 1. The van der Waals surface area contributed by atoms with E-state index in [0.717, 1.165) is 13.0 Å². The maximum Gasteiger partial charge on any atom is 0.237 e. The van der Waals surface area contributed by atoms with E-state index >= 15 is 0 Å². The lowest BCUT2D eigenvalue weighted by Gasteiger charge is -2.36. The first-order valence-electron chi connectivity index (χ1n) is 6.47. The summed E-state index contributed by atoms with van der Waals surface area (Å²) >= 11 is 0. The van der Waals surface area contributed by atoms with Crippen LogP contribution in [0.2, 0.25) is 0 Å². The molecule has 1 atom stereocenters. The van der Waals surface area contributed by atoms with Crippen molar-refractivity contribution >= 4 is 5.91 Å². The molecule has 0 spiro atoms. The number of amides is 1. The molecule has 1 saturated heterocycles. The Kier molecular flexibility index (Phi) is 6.47. The quantitative estimate of drug-likeness (QED) is 0.666. The predicted octanol–water partition coefficient (Wildman–Crippen LogP) is 0.596. The summed E-state index contributed by atoms with van der Waals surface area (Å²) in [6.45, 7) is 9.41. The van der Waals surface area contributed by atoms with Crippen molar-refractivity contribution in [3.63, 3.8) is 0 Å². The van der Waals surface area contributed by atoms with Crippen LogP contribution in [0, 0.1) is 0 Å². The van der Waals surface area contributed by atoms with Crippen LogP contribution in [0.25, 0.3) is 0 Å². The van der Waals surface area contributed by atoms with E-state index in [4.69, 9.17) is 9.47 Å². The molecule has 0 radical (unpaired) electrons. The highest BCUT2D eigenvalue weighted by atomic mass is 16.7. The van der Waals surface area contributed by atoms with Gasteiger partial charge >= 0.3 is 0 Å². The number of rotatable bonds is 7. The van der Waals surface area contributed by atoms with Crippen LogP contribution in [0.4, 0.5) is 0 Å². The fourth-order valence-electron chi connectivity index (χ4n) is 2.14. The first kappa shape index (κ1) is 14.4. The molecule has 1 aliphatic rings.